The van der Waals surface area contributed by atoms with E-state index in [0.717, 1.165) is 28.9 Å². The molecule has 1 aliphatic rings. The van der Waals surface area contributed by atoms with Gasteiger partial charge in [0.05, 0.1) is 9.80 Å². The fourth-order valence-corrected chi connectivity index (χ4v) is 3.27. The van der Waals surface area contributed by atoms with Gasteiger partial charge in [0.2, 0.25) is 0 Å². The third-order valence-corrected chi connectivity index (χ3v) is 4.60. The lowest BCUT2D eigenvalue weighted by Gasteiger charge is -2.29. The maximum Gasteiger partial charge on any atom is 0.324 e. The monoisotopic (exact) mass is 303 g/mol. The van der Waals surface area contributed by atoms with Crippen molar-refractivity contribution in [1.29, 1.82) is 0 Å². The Bertz CT molecular complexity index is 726. The molecule has 108 valence electrons. The average molecular weight is 303 g/mol. The van der Waals surface area contributed by atoms with Gasteiger partial charge in [0.15, 0.2) is 0 Å². The molecule has 0 spiro atoms. The smallest absolute Gasteiger partial charge is 0.324 e. The molecule has 0 unspecified atom stereocenters. The predicted molar refractivity (Wildman–Crippen MR) is 80.3 cm³/mol. The van der Waals surface area contributed by atoms with Gasteiger partial charge >= 0.3 is 5.00 Å². The Labute approximate surface area is 124 Å². The van der Waals surface area contributed by atoms with Crippen LogP contribution < -0.4 is 5.73 Å². The van der Waals surface area contributed by atoms with Crippen LogP contribution in [0.5, 0.6) is 0 Å². The lowest BCUT2D eigenvalue weighted by atomic mass is 9.98. The Balaban J connectivity index is 1.83. The van der Waals surface area contributed by atoms with Crippen molar-refractivity contribution in [2.45, 2.75) is 13.0 Å². The van der Waals surface area contributed by atoms with Crippen molar-refractivity contribution in [3.63, 3.8) is 0 Å². The summed E-state index contributed by atoms with van der Waals surface area (Å²) < 4.78 is 0. The molecular weight excluding hydrogens is 290 g/mol. The summed E-state index contributed by atoms with van der Waals surface area (Å²) in [4.78, 5) is 24.7. The maximum atomic E-state index is 12.4. The molecule has 1 amide bonds. The number of thiophene rings is 1. The minimum Gasteiger partial charge on any atom is -0.398 e. The molecule has 0 saturated heterocycles. The number of nitrogens with zero attached hydrogens (tertiary/aromatic N) is 2. The highest BCUT2D eigenvalue weighted by Gasteiger charge is 2.25. The number of carbonyl (C=O) groups is 1. The van der Waals surface area contributed by atoms with Crippen molar-refractivity contribution in [2.24, 2.45) is 0 Å². The molecule has 1 aromatic heterocycles. The van der Waals surface area contributed by atoms with Crippen LogP contribution in [0.25, 0.3) is 0 Å². The third-order valence-electron chi connectivity index (χ3n) is 3.58. The van der Waals surface area contributed by atoms with Gasteiger partial charge in [-0.2, -0.15) is 0 Å². The number of fused-ring (bicyclic) bond motifs is 1. The van der Waals surface area contributed by atoms with Crippen LogP contribution in [0.15, 0.2) is 30.3 Å². The Morgan fingerprint density at radius 3 is 2.86 bits per heavy atom. The van der Waals surface area contributed by atoms with Crippen molar-refractivity contribution < 1.29 is 9.72 Å². The van der Waals surface area contributed by atoms with Crippen LogP contribution >= 0.6 is 11.3 Å². The Hall–Kier alpha value is -2.41. The average Bonchev–Trinajstić information content (AvgIpc) is 2.97. The molecule has 6 nitrogen and oxygen atoms in total. The molecule has 1 aliphatic heterocycles. The number of amides is 1. The van der Waals surface area contributed by atoms with Gasteiger partial charge in [-0.1, -0.05) is 23.5 Å². The van der Waals surface area contributed by atoms with Gasteiger partial charge in [-0.15, -0.1) is 0 Å². The van der Waals surface area contributed by atoms with E-state index < -0.39 is 4.92 Å². The highest BCUT2D eigenvalue weighted by Crippen LogP contribution is 2.29. The molecule has 2 heterocycles. The molecule has 0 atom stereocenters. The zero-order chi connectivity index (χ0) is 15.0. The number of hydrogen-bond acceptors (Lipinski definition) is 5. The molecule has 21 heavy (non-hydrogen) atoms. The molecule has 2 aromatic rings. The second-order valence-corrected chi connectivity index (χ2v) is 5.92. The number of nitrogens with two attached hydrogens (primary N) is 1. The molecule has 0 bridgehead atoms. The molecule has 2 N–H and O–H groups in total. The lowest BCUT2D eigenvalue weighted by Crippen LogP contribution is -2.35. The Morgan fingerprint density at radius 2 is 2.14 bits per heavy atom. The molecule has 3 rings (SSSR count). The van der Waals surface area contributed by atoms with Gasteiger partial charge in [-0.25, -0.2) is 0 Å². The SMILES string of the molecule is Nc1cccc2c1CN(C(=O)c1ccc([N+](=O)[O-])s1)CC2. The largest absolute Gasteiger partial charge is 0.398 e. The molecule has 0 saturated carbocycles. The van der Waals surface area contributed by atoms with E-state index in [2.05, 4.69) is 0 Å². The highest BCUT2D eigenvalue weighted by molar-refractivity contribution is 7.17. The summed E-state index contributed by atoms with van der Waals surface area (Å²) in [5.41, 5.74) is 8.78. The minimum absolute atomic E-state index is 0.0183. The fraction of sp³-hybridized carbons (Fsp3) is 0.214. The van der Waals surface area contributed by atoms with Gasteiger partial charge in [-0.05, 0) is 29.7 Å². The zero-order valence-corrected chi connectivity index (χ0v) is 11.9. The minimum atomic E-state index is -0.481. The van der Waals surface area contributed by atoms with E-state index in [1.165, 1.54) is 12.1 Å². The van der Waals surface area contributed by atoms with Crippen molar-refractivity contribution in [3.8, 4) is 0 Å². The normalized spacial score (nSPS) is 13.8. The predicted octanol–water partition coefficient (Wildman–Crippen LogP) is 2.44. The van der Waals surface area contributed by atoms with Crippen LogP contribution in [0.3, 0.4) is 0 Å². The van der Waals surface area contributed by atoms with E-state index in [0.29, 0.717) is 23.7 Å². The first-order valence-electron chi connectivity index (χ1n) is 6.46. The van der Waals surface area contributed by atoms with E-state index in [4.69, 9.17) is 5.73 Å². The van der Waals surface area contributed by atoms with Crippen molar-refractivity contribution in [3.05, 3.63) is 56.5 Å². The van der Waals surface area contributed by atoms with Gasteiger partial charge in [0.1, 0.15) is 0 Å². The van der Waals surface area contributed by atoms with Crippen LogP contribution in [-0.4, -0.2) is 22.3 Å². The Kier molecular flexibility index (Phi) is 3.34. The number of hydrogen-bond donors (Lipinski definition) is 1. The van der Waals surface area contributed by atoms with E-state index in [1.54, 1.807) is 4.90 Å². The summed E-state index contributed by atoms with van der Waals surface area (Å²) in [5, 5.41) is 10.7. The second kappa shape index (κ2) is 5.17. The standard InChI is InChI=1S/C14H13N3O3S/c15-11-3-1-2-9-6-7-16(8-10(9)11)14(18)12-4-5-13(21-12)17(19)20/h1-5H,6-8,15H2. The van der Waals surface area contributed by atoms with Crippen LogP contribution in [0.2, 0.25) is 0 Å². The number of benzene rings is 1. The quantitative estimate of drug-likeness (QED) is 0.524. The summed E-state index contributed by atoms with van der Waals surface area (Å²) in [6, 6.07) is 8.62. The first-order valence-corrected chi connectivity index (χ1v) is 7.27. The van der Waals surface area contributed by atoms with E-state index in [-0.39, 0.29) is 10.9 Å². The van der Waals surface area contributed by atoms with Crippen LogP contribution in [0.1, 0.15) is 20.8 Å². The third kappa shape index (κ3) is 2.47. The molecule has 0 radical (unpaired) electrons. The Morgan fingerprint density at radius 1 is 1.33 bits per heavy atom. The van der Waals surface area contributed by atoms with Gasteiger partial charge < -0.3 is 10.6 Å². The van der Waals surface area contributed by atoms with Crippen LogP contribution in [0.4, 0.5) is 10.7 Å². The van der Waals surface area contributed by atoms with Gasteiger partial charge in [-0.3, -0.25) is 14.9 Å². The number of anilines is 1. The topological polar surface area (TPSA) is 89.5 Å². The lowest BCUT2D eigenvalue weighted by molar-refractivity contribution is -0.380. The molecule has 0 aliphatic carbocycles. The molecule has 7 heteroatoms. The number of nitrogen functional groups attached to an aromatic ring is 1. The number of carbonyl (C=O) groups excluding carboxylic acids is 1. The zero-order valence-electron chi connectivity index (χ0n) is 11.1. The molecule has 1 aromatic carbocycles. The van der Waals surface area contributed by atoms with Crippen LogP contribution in [-0.2, 0) is 13.0 Å². The fourth-order valence-electron chi connectivity index (χ4n) is 2.48. The summed E-state index contributed by atoms with van der Waals surface area (Å²) in [7, 11) is 0. The first-order chi connectivity index (χ1) is 10.1. The number of nitro groups is 1. The van der Waals surface area contributed by atoms with Crippen LogP contribution in [0, 0.1) is 10.1 Å². The van der Waals surface area contributed by atoms with E-state index >= 15 is 0 Å². The van der Waals surface area contributed by atoms with Crippen molar-refractivity contribution in [1.82, 2.24) is 4.90 Å². The summed E-state index contributed by atoms with van der Waals surface area (Å²) >= 11 is 0.907. The summed E-state index contributed by atoms with van der Waals surface area (Å²) in [6.45, 7) is 1.05. The molecular formula is C14H13N3O3S. The first kappa shape index (κ1) is 13.6. The van der Waals surface area contributed by atoms with E-state index in [1.807, 2.05) is 18.2 Å². The van der Waals surface area contributed by atoms with Gasteiger partial charge in [0.25, 0.3) is 5.91 Å². The summed E-state index contributed by atoms with van der Waals surface area (Å²) in [6.07, 6.45) is 0.750. The number of rotatable bonds is 2. The van der Waals surface area contributed by atoms with Crippen molar-refractivity contribution >= 4 is 27.9 Å². The maximum absolute atomic E-state index is 12.4. The highest BCUT2D eigenvalue weighted by atomic mass is 32.1. The molecule has 0 fully saturated rings. The van der Waals surface area contributed by atoms with Crippen molar-refractivity contribution in [2.75, 3.05) is 12.3 Å². The summed E-state index contributed by atoms with van der Waals surface area (Å²) in [5.74, 6) is -0.179. The van der Waals surface area contributed by atoms with E-state index in [9.17, 15) is 14.9 Å². The second-order valence-electron chi connectivity index (χ2n) is 4.86. The van der Waals surface area contributed by atoms with Gasteiger partial charge in [0, 0.05) is 24.8 Å².